The van der Waals surface area contributed by atoms with Crippen LogP contribution in [0.15, 0.2) is 34.9 Å². The molecule has 1 amide bonds. The van der Waals surface area contributed by atoms with E-state index in [0.29, 0.717) is 18.7 Å². The lowest BCUT2D eigenvalue weighted by molar-refractivity contribution is -0.131. The zero-order valence-electron chi connectivity index (χ0n) is 15.9. The Morgan fingerprint density at radius 1 is 1.32 bits per heavy atom. The van der Waals surface area contributed by atoms with Crippen molar-refractivity contribution in [1.29, 1.82) is 0 Å². The van der Waals surface area contributed by atoms with Crippen LogP contribution in [0.5, 0.6) is 0 Å². The first kappa shape index (κ1) is 18.8. The maximum absolute atomic E-state index is 13.1. The summed E-state index contributed by atoms with van der Waals surface area (Å²) in [4.78, 5) is 24.6. The van der Waals surface area contributed by atoms with Gasteiger partial charge >= 0.3 is 0 Å². The van der Waals surface area contributed by atoms with E-state index in [-0.39, 0.29) is 17.8 Å². The molecule has 4 rings (SSSR count). The number of amides is 1. The second-order valence-corrected chi connectivity index (χ2v) is 8.42. The van der Waals surface area contributed by atoms with Crippen LogP contribution in [-0.2, 0) is 17.6 Å². The Morgan fingerprint density at radius 3 is 2.82 bits per heavy atom. The summed E-state index contributed by atoms with van der Waals surface area (Å²) in [6.07, 6.45) is 4.41. The number of thiazole rings is 1. The number of carbonyl (C=O) groups is 1. The monoisotopic (exact) mass is 399 g/mol. The predicted octanol–water partition coefficient (Wildman–Crippen LogP) is 4.38. The molecule has 1 aromatic carbocycles. The summed E-state index contributed by atoms with van der Waals surface area (Å²) in [6.45, 7) is 4.62. The van der Waals surface area contributed by atoms with Crippen LogP contribution in [0.2, 0.25) is 0 Å². The maximum atomic E-state index is 13.1. The van der Waals surface area contributed by atoms with Crippen molar-refractivity contribution in [3.63, 3.8) is 0 Å². The van der Waals surface area contributed by atoms with Gasteiger partial charge in [-0.25, -0.2) is 14.4 Å². The second-order valence-electron chi connectivity index (χ2n) is 7.13. The van der Waals surface area contributed by atoms with Crippen molar-refractivity contribution in [1.82, 2.24) is 14.9 Å². The minimum absolute atomic E-state index is 0.0903. The van der Waals surface area contributed by atoms with Crippen molar-refractivity contribution < 1.29 is 13.6 Å². The van der Waals surface area contributed by atoms with Crippen molar-refractivity contribution in [3.05, 3.63) is 69.1 Å². The van der Waals surface area contributed by atoms with Crippen LogP contribution in [0, 0.1) is 19.7 Å². The number of halogens is 1. The second kappa shape index (κ2) is 7.83. The highest BCUT2D eigenvalue weighted by Crippen LogP contribution is 2.33. The summed E-state index contributed by atoms with van der Waals surface area (Å²) in [5, 5.41) is 0.983. The Balaban J connectivity index is 1.46. The number of likely N-dealkylation sites (tertiary alicyclic amines) is 1. The zero-order chi connectivity index (χ0) is 19.7. The van der Waals surface area contributed by atoms with Crippen molar-refractivity contribution in [2.24, 2.45) is 0 Å². The van der Waals surface area contributed by atoms with Gasteiger partial charge in [-0.05, 0) is 44.4 Å². The van der Waals surface area contributed by atoms with Crippen LogP contribution >= 0.6 is 11.3 Å². The van der Waals surface area contributed by atoms with Gasteiger partial charge in [-0.15, -0.1) is 11.3 Å². The van der Waals surface area contributed by atoms with Crippen LogP contribution in [0.4, 0.5) is 4.39 Å². The van der Waals surface area contributed by atoms with Gasteiger partial charge in [0.25, 0.3) is 0 Å². The third-order valence-electron chi connectivity index (χ3n) is 5.03. The summed E-state index contributed by atoms with van der Waals surface area (Å²) in [5.74, 6) is 1.14. The zero-order valence-corrected chi connectivity index (χ0v) is 16.8. The summed E-state index contributed by atoms with van der Waals surface area (Å²) >= 11 is 1.58. The molecule has 3 heterocycles. The van der Waals surface area contributed by atoms with Crippen molar-refractivity contribution in [2.45, 2.75) is 45.6 Å². The molecular weight excluding hydrogens is 377 g/mol. The van der Waals surface area contributed by atoms with Crippen LogP contribution in [0.1, 0.15) is 51.7 Å². The number of nitrogens with zero attached hydrogens (tertiary/aromatic N) is 3. The molecule has 1 aliphatic heterocycles. The van der Waals surface area contributed by atoms with Gasteiger partial charge in [-0.2, -0.15) is 0 Å². The lowest BCUT2D eigenvalue weighted by Gasteiger charge is -2.22. The van der Waals surface area contributed by atoms with E-state index in [1.807, 2.05) is 18.7 Å². The fraction of sp³-hybridized carbons (Fsp3) is 0.381. The van der Waals surface area contributed by atoms with E-state index in [9.17, 15) is 9.18 Å². The first-order valence-electron chi connectivity index (χ1n) is 9.41. The van der Waals surface area contributed by atoms with E-state index in [1.165, 1.54) is 12.1 Å². The molecule has 2 aromatic heterocycles. The van der Waals surface area contributed by atoms with Gasteiger partial charge in [0.15, 0.2) is 0 Å². The number of benzene rings is 1. The molecule has 0 saturated carbocycles. The van der Waals surface area contributed by atoms with E-state index in [0.717, 1.165) is 46.3 Å². The van der Waals surface area contributed by atoms with Crippen molar-refractivity contribution >= 4 is 17.2 Å². The molecule has 1 aliphatic rings. The van der Waals surface area contributed by atoms with Gasteiger partial charge in [-0.3, -0.25) is 4.79 Å². The standard InChI is InChI=1S/C21H22FN3O2S/c1-13-19(28-14(2)24-13)11-20(26)25-9-3-4-18(25)21-23-12-17(27-21)10-15-5-7-16(22)8-6-15/h5-8,12,18H,3-4,9-11H2,1-2H3/t18-/m0/s1. The molecule has 7 heteroatoms. The summed E-state index contributed by atoms with van der Waals surface area (Å²) in [6, 6.07) is 6.23. The number of carbonyl (C=O) groups excluding carboxylic acids is 1. The third kappa shape index (κ3) is 3.99. The smallest absolute Gasteiger partial charge is 0.228 e. The Hall–Kier alpha value is -2.54. The molecule has 1 fully saturated rings. The van der Waals surface area contributed by atoms with Gasteiger partial charge in [0.2, 0.25) is 11.8 Å². The van der Waals surface area contributed by atoms with Gasteiger partial charge in [0.1, 0.15) is 17.6 Å². The minimum Gasteiger partial charge on any atom is -0.443 e. The quantitative estimate of drug-likeness (QED) is 0.639. The number of hydrogen-bond donors (Lipinski definition) is 0. The lowest BCUT2D eigenvalue weighted by Crippen LogP contribution is -2.32. The molecule has 146 valence electrons. The predicted molar refractivity (Wildman–Crippen MR) is 105 cm³/mol. The molecule has 0 aliphatic carbocycles. The van der Waals surface area contributed by atoms with Crippen LogP contribution in [0.3, 0.4) is 0 Å². The minimum atomic E-state index is -0.256. The molecule has 0 N–H and O–H groups in total. The summed E-state index contributed by atoms with van der Waals surface area (Å²) in [7, 11) is 0. The number of oxazole rings is 1. The SMILES string of the molecule is Cc1nc(C)c(CC(=O)N2CCC[C@H]2c2ncc(Cc3ccc(F)cc3)o2)s1. The Morgan fingerprint density at radius 2 is 2.11 bits per heavy atom. The van der Waals surface area contributed by atoms with Gasteiger partial charge < -0.3 is 9.32 Å². The average Bonchev–Trinajstić information content (AvgIpc) is 3.37. The van der Waals surface area contributed by atoms with E-state index in [2.05, 4.69) is 9.97 Å². The van der Waals surface area contributed by atoms with E-state index >= 15 is 0 Å². The Bertz CT molecular complexity index is 980. The van der Waals surface area contributed by atoms with E-state index in [1.54, 1.807) is 29.7 Å². The highest BCUT2D eigenvalue weighted by atomic mass is 32.1. The largest absolute Gasteiger partial charge is 0.443 e. The first-order valence-corrected chi connectivity index (χ1v) is 10.2. The molecule has 3 aromatic rings. The topological polar surface area (TPSA) is 59.2 Å². The molecule has 0 radical (unpaired) electrons. The van der Waals surface area contributed by atoms with E-state index < -0.39 is 0 Å². The van der Waals surface area contributed by atoms with Crippen molar-refractivity contribution in [3.8, 4) is 0 Å². The third-order valence-corrected chi connectivity index (χ3v) is 6.11. The Kier molecular flexibility index (Phi) is 5.26. The maximum Gasteiger partial charge on any atom is 0.228 e. The first-order chi connectivity index (χ1) is 13.5. The molecule has 0 unspecified atom stereocenters. The molecule has 0 spiro atoms. The van der Waals surface area contributed by atoms with Gasteiger partial charge in [0, 0.05) is 17.8 Å². The lowest BCUT2D eigenvalue weighted by atomic mass is 10.1. The molecule has 5 nitrogen and oxygen atoms in total. The number of aryl methyl sites for hydroxylation is 2. The van der Waals surface area contributed by atoms with Gasteiger partial charge in [-0.1, -0.05) is 12.1 Å². The van der Waals surface area contributed by atoms with Crippen molar-refractivity contribution in [2.75, 3.05) is 6.54 Å². The number of hydrogen-bond acceptors (Lipinski definition) is 5. The van der Waals surface area contributed by atoms with Crippen LogP contribution in [0.25, 0.3) is 0 Å². The number of aromatic nitrogens is 2. The molecule has 1 saturated heterocycles. The molecular formula is C21H22FN3O2S. The molecule has 0 bridgehead atoms. The summed E-state index contributed by atoms with van der Waals surface area (Å²) < 4.78 is 19.0. The van der Waals surface area contributed by atoms with Crippen LogP contribution < -0.4 is 0 Å². The Labute approximate surface area is 167 Å². The van der Waals surface area contributed by atoms with Gasteiger partial charge in [0.05, 0.1) is 23.3 Å². The fourth-order valence-corrected chi connectivity index (χ4v) is 4.59. The van der Waals surface area contributed by atoms with E-state index in [4.69, 9.17) is 4.42 Å². The summed E-state index contributed by atoms with van der Waals surface area (Å²) in [5.41, 5.74) is 1.89. The fourth-order valence-electron chi connectivity index (χ4n) is 3.66. The normalized spacial score (nSPS) is 16.7. The average molecular weight is 399 g/mol. The molecule has 1 atom stereocenters. The molecule has 28 heavy (non-hydrogen) atoms. The highest BCUT2D eigenvalue weighted by Gasteiger charge is 2.33. The number of rotatable bonds is 5. The van der Waals surface area contributed by atoms with Crippen LogP contribution in [-0.4, -0.2) is 27.3 Å². The highest BCUT2D eigenvalue weighted by molar-refractivity contribution is 7.11.